The number of aryl methyl sites for hydroxylation is 1. The van der Waals surface area contributed by atoms with Crippen molar-refractivity contribution in [3.8, 4) is 11.4 Å². The molecule has 23 heavy (non-hydrogen) atoms. The average molecular weight is 309 g/mol. The molecule has 1 heterocycles. The van der Waals surface area contributed by atoms with E-state index in [9.17, 15) is 4.79 Å². The number of benzene rings is 2. The van der Waals surface area contributed by atoms with Crippen LogP contribution in [0.5, 0.6) is 0 Å². The molecule has 118 valence electrons. The van der Waals surface area contributed by atoms with Crippen LogP contribution in [0.15, 0.2) is 42.5 Å². The van der Waals surface area contributed by atoms with Crippen LogP contribution in [0.3, 0.4) is 0 Å². The van der Waals surface area contributed by atoms with Crippen molar-refractivity contribution >= 4 is 16.9 Å². The number of amides is 1. The van der Waals surface area contributed by atoms with Crippen LogP contribution >= 0.6 is 0 Å². The highest BCUT2D eigenvalue weighted by atomic mass is 16.5. The van der Waals surface area contributed by atoms with Gasteiger partial charge in [0.05, 0.1) is 17.6 Å². The number of imidazole rings is 1. The first-order valence-corrected chi connectivity index (χ1v) is 7.51. The zero-order valence-corrected chi connectivity index (χ0v) is 13.2. The number of fused-ring (bicyclic) bond motifs is 1. The van der Waals surface area contributed by atoms with Crippen LogP contribution in [-0.2, 0) is 4.74 Å². The van der Waals surface area contributed by atoms with E-state index in [1.807, 2.05) is 24.3 Å². The van der Waals surface area contributed by atoms with Crippen molar-refractivity contribution in [1.82, 2.24) is 15.3 Å². The summed E-state index contributed by atoms with van der Waals surface area (Å²) >= 11 is 0. The van der Waals surface area contributed by atoms with Crippen molar-refractivity contribution in [2.45, 2.75) is 6.92 Å². The molecule has 0 atom stereocenters. The largest absolute Gasteiger partial charge is 0.383 e. The van der Waals surface area contributed by atoms with Crippen LogP contribution < -0.4 is 5.32 Å². The van der Waals surface area contributed by atoms with E-state index in [4.69, 9.17) is 4.74 Å². The highest BCUT2D eigenvalue weighted by molar-refractivity contribution is 5.94. The Morgan fingerprint density at radius 2 is 2.00 bits per heavy atom. The number of aromatic amines is 1. The van der Waals surface area contributed by atoms with Crippen LogP contribution in [0.2, 0.25) is 0 Å². The maximum Gasteiger partial charge on any atom is 0.251 e. The van der Waals surface area contributed by atoms with E-state index in [1.54, 1.807) is 19.2 Å². The Balaban J connectivity index is 1.79. The van der Waals surface area contributed by atoms with Crippen LogP contribution in [0.1, 0.15) is 15.9 Å². The van der Waals surface area contributed by atoms with Gasteiger partial charge < -0.3 is 15.0 Å². The Hall–Kier alpha value is -2.66. The van der Waals surface area contributed by atoms with Gasteiger partial charge in [-0.2, -0.15) is 0 Å². The van der Waals surface area contributed by atoms with Gasteiger partial charge in [0.2, 0.25) is 0 Å². The molecule has 3 aromatic rings. The second-order valence-corrected chi connectivity index (χ2v) is 5.43. The van der Waals surface area contributed by atoms with Crippen molar-refractivity contribution in [2.75, 3.05) is 20.3 Å². The Morgan fingerprint density at radius 1 is 1.22 bits per heavy atom. The fourth-order valence-electron chi connectivity index (χ4n) is 2.41. The number of H-pyrrole nitrogens is 1. The summed E-state index contributed by atoms with van der Waals surface area (Å²) in [6.45, 7) is 3.05. The summed E-state index contributed by atoms with van der Waals surface area (Å²) in [5.41, 5.74) is 4.72. The Kier molecular flexibility index (Phi) is 4.39. The molecular formula is C18H19N3O2. The summed E-state index contributed by atoms with van der Waals surface area (Å²) < 4.78 is 4.92. The maximum absolute atomic E-state index is 12.0. The van der Waals surface area contributed by atoms with Crippen molar-refractivity contribution < 1.29 is 9.53 Å². The third-order valence-electron chi connectivity index (χ3n) is 3.65. The van der Waals surface area contributed by atoms with E-state index < -0.39 is 0 Å². The summed E-state index contributed by atoms with van der Waals surface area (Å²) in [4.78, 5) is 19.9. The van der Waals surface area contributed by atoms with E-state index in [0.717, 1.165) is 22.4 Å². The first kappa shape index (κ1) is 15.2. The lowest BCUT2D eigenvalue weighted by Gasteiger charge is -2.05. The van der Waals surface area contributed by atoms with E-state index in [0.29, 0.717) is 18.7 Å². The molecule has 1 aromatic heterocycles. The third kappa shape index (κ3) is 3.40. The Labute approximate surface area is 134 Å². The van der Waals surface area contributed by atoms with E-state index in [2.05, 4.69) is 28.3 Å². The summed E-state index contributed by atoms with van der Waals surface area (Å²) in [5, 5.41) is 2.80. The minimum absolute atomic E-state index is 0.103. The number of aromatic nitrogens is 2. The van der Waals surface area contributed by atoms with Gasteiger partial charge in [0.25, 0.3) is 5.91 Å². The quantitative estimate of drug-likeness (QED) is 0.712. The molecule has 0 bridgehead atoms. The number of methoxy groups -OCH3 is 1. The average Bonchev–Trinajstić information content (AvgIpc) is 2.98. The standard InChI is InChI=1S/C18H19N3O2/c1-12-3-8-15-16(11-12)21-17(20-15)13-4-6-14(7-5-13)18(22)19-9-10-23-2/h3-8,11H,9-10H2,1-2H3,(H,19,22)(H,20,21). The second-order valence-electron chi connectivity index (χ2n) is 5.43. The van der Waals surface area contributed by atoms with E-state index in [-0.39, 0.29) is 5.91 Å². The topological polar surface area (TPSA) is 67.0 Å². The fourth-order valence-corrected chi connectivity index (χ4v) is 2.41. The normalized spacial score (nSPS) is 10.9. The lowest BCUT2D eigenvalue weighted by molar-refractivity contribution is 0.0937. The molecule has 0 saturated heterocycles. The molecule has 0 radical (unpaired) electrons. The summed E-state index contributed by atoms with van der Waals surface area (Å²) in [7, 11) is 1.61. The van der Waals surface area contributed by atoms with Crippen molar-refractivity contribution in [3.05, 3.63) is 53.6 Å². The van der Waals surface area contributed by atoms with Gasteiger partial charge in [-0.3, -0.25) is 4.79 Å². The maximum atomic E-state index is 12.0. The van der Waals surface area contributed by atoms with Gasteiger partial charge in [-0.15, -0.1) is 0 Å². The number of carbonyl (C=O) groups is 1. The number of carbonyl (C=O) groups excluding carboxylic acids is 1. The SMILES string of the molecule is COCCNC(=O)c1ccc(-c2nc3ccc(C)cc3[nH]2)cc1. The molecule has 0 aliphatic rings. The zero-order valence-electron chi connectivity index (χ0n) is 13.2. The molecule has 0 spiro atoms. The molecule has 2 aromatic carbocycles. The zero-order chi connectivity index (χ0) is 16.2. The summed E-state index contributed by atoms with van der Waals surface area (Å²) in [6.07, 6.45) is 0. The smallest absolute Gasteiger partial charge is 0.251 e. The van der Waals surface area contributed by atoms with Crippen LogP contribution in [-0.4, -0.2) is 36.1 Å². The molecular weight excluding hydrogens is 290 g/mol. The van der Waals surface area contributed by atoms with Crippen LogP contribution in [0.25, 0.3) is 22.4 Å². The monoisotopic (exact) mass is 309 g/mol. The number of nitrogens with zero attached hydrogens (tertiary/aromatic N) is 1. The van der Waals surface area contributed by atoms with Gasteiger partial charge in [0.15, 0.2) is 0 Å². The molecule has 0 fully saturated rings. The van der Waals surface area contributed by atoms with Crippen LogP contribution in [0.4, 0.5) is 0 Å². The van der Waals surface area contributed by atoms with E-state index in [1.165, 1.54) is 5.56 Å². The lowest BCUT2D eigenvalue weighted by atomic mass is 10.1. The number of hydrogen-bond donors (Lipinski definition) is 2. The molecule has 3 rings (SSSR count). The van der Waals surface area contributed by atoms with Gasteiger partial charge in [0, 0.05) is 24.8 Å². The number of rotatable bonds is 5. The molecule has 0 saturated carbocycles. The second kappa shape index (κ2) is 6.62. The molecule has 0 aliphatic heterocycles. The molecule has 5 heteroatoms. The van der Waals surface area contributed by atoms with E-state index >= 15 is 0 Å². The van der Waals surface area contributed by atoms with Gasteiger partial charge >= 0.3 is 0 Å². The Morgan fingerprint density at radius 3 is 2.74 bits per heavy atom. The predicted octanol–water partition coefficient (Wildman–Crippen LogP) is 2.91. The highest BCUT2D eigenvalue weighted by Gasteiger charge is 2.08. The van der Waals surface area contributed by atoms with Crippen molar-refractivity contribution in [1.29, 1.82) is 0 Å². The minimum Gasteiger partial charge on any atom is -0.383 e. The van der Waals surface area contributed by atoms with Gasteiger partial charge in [-0.05, 0) is 36.8 Å². The number of hydrogen-bond acceptors (Lipinski definition) is 3. The third-order valence-corrected chi connectivity index (χ3v) is 3.65. The summed E-state index contributed by atoms with van der Waals surface area (Å²) in [6, 6.07) is 13.5. The summed E-state index contributed by atoms with van der Waals surface area (Å²) in [5.74, 6) is 0.700. The lowest BCUT2D eigenvalue weighted by Crippen LogP contribution is -2.26. The van der Waals surface area contributed by atoms with Crippen molar-refractivity contribution in [3.63, 3.8) is 0 Å². The number of ether oxygens (including phenoxy) is 1. The molecule has 5 nitrogen and oxygen atoms in total. The Bertz CT molecular complexity index is 822. The predicted molar refractivity (Wildman–Crippen MR) is 90.5 cm³/mol. The van der Waals surface area contributed by atoms with Crippen molar-refractivity contribution in [2.24, 2.45) is 0 Å². The fraction of sp³-hybridized carbons (Fsp3) is 0.222. The minimum atomic E-state index is -0.103. The first-order chi connectivity index (χ1) is 11.2. The highest BCUT2D eigenvalue weighted by Crippen LogP contribution is 2.21. The van der Waals surface area contributed by atoms with Gasteiger partial charge in [0.1, 0.15) is 5.82 Å². The van der Waals surface area contributed by atoms with Gasteiger partial charge in [-0.25, -0.2) is 4.98 Å². The number of nitrogens with one attached hydrogen (secondary N) is 2. The first-order valence-electron chi connectivity index (χ1n) is 7.51. The molecule has 1 amide bonds. The van der Waals surface area contributed by atoms with Gasteiger partial charge in [-0.1, -0.05) is 18.2 Å². The van der Waals surface area contributed by atoms with Crippen LogP contribution in [0, 0.1) is 6.92 Å². The molecule has 0 unspecified atom stereocenters. The molecule has 2 N–H and O–H groups in total. The molecule has 0 aliphatic carbocycles.